The van der Waals surface area contributed by atoms with E-state index in [1.165, 1.54) is 21.8 Å². The van der Waals surface area contributed by atoms with E-state index in [1.807, 2.05) is 19.0 Å². The maximum atomic E-state index is 11.7. The van der Waals surface area contributed by atoms with Crippen molar-refractivity contribution < 1.29 is 8.42 Å². The number of rotatable bonds is 3. The zero-order valence-corrected chi connectivity index (χ0v) is 16.1. The Morgan fingerprint density at radius 3 is 2.62 bits per heavy atom. The first-order valence-corrected chi connectivity index (χ1v) is 10.6. The molecule has 1 unspecified atom stereocenters. The molecule has 26 heavy (non-hydrogen) atoms. The Kier molecular flexibility index (Phi) is 4.03. The molecule has 1 aromatic heterocycles. The topological polar surface area (TPSA) is 54.7 Å². The lowest BCUT2D eigenvalue weighted by atomic mass is 10.1. The van der Waals surface area contributed by atoms with Gasteiger partial charge in [0.15, 0.2) is 9.84 Å². The molecule has 6 heteroatoms. The Hall–Kier alpha value is -2.34. The smallest absolute Gasteiger partial charge is 0.152 e. The van der Waals surface area contributed by atoms with Crippen LogP contribution in [0.15, 0.2) is 47.6 Å². The van der Waals surface area contributed by atoms with Gasteiger partial charge in [-0.05, 0) is 37.1 Å². The second-order valence-corrected chi connectivity index (χ2v) is 9.35. The van der Waals surface area contributed by atoms with Crippen LogP contribution in [0.25, 0.3) is 21.8 Å². The number of nitrogens with zero attached hydrogens (tertiary/aromatic N) is 3. The van der Waals surface area contributed by atoms with Crippen molar-refractivity contribution in [1.82, 2.24) is 9.58 Å². The summed E-state index contributed by atoms with van der Waals surface area (Å²) in [6.07, 6.45) is 0.651. The normalized spacial score (nSPS) is 20.1. The molecule has 0 bridgehead atoms. The highest BCUT2D eigenvalue weighted by Crippen LogP contribution is 2.29. The van der Waals surface area contributed by atoms with Crippen molar-refractivity contribution in [3.63, 3.8) is 0 Å². The molecule has 0 aliphatic carbocycles. The second-order valence-electron chi connectivity index (χ2n) is 7.12. The van der Waals surface area contributed by atoms with Gasteiger partial charge >= 0.3 is 0 Å². The molecule has 1 atom stereocenters. The Morgan fingerprint density at radius 1 is 1.15 bits per heavy atom. The minimum Gasteiger partial charge on any atom is -0.344 e. The Bertz CT molecular complexity index is 1130. The van der Waals surface area contributed by atoms with Crippen LogP contribution in [0.5, 0.6) is 0 Å². The Balaban J connectivity index is 1.71. The number of fused-ring (bicyclic) bond motifs is 3. The van der Waals surface area contributed by atoms with Crippen molar-refractivity contribution in [1.29, 1.82) is 0 Å². The molecule has 2 heterocycles. The molecule has 2 aromatic carbocycles. The molecule has 3 aromatic rings. The van der Waals surface area contributed by atoms with E-state index in [2.05, 4.69) is 59.2 Å². The van der Waals surface area contributed by atoms with E-state index in [0.717, 1.165) is 11.3 Å². The largest absolute Gasteiger partial charge is 0.344 e. The number of sulfone groups is 1. The summed E-state index contributed by atoms with van der Waals surface area (Å²) in [4.78, 5) is 0. The number of hydrogen-bond donors (Lipinski definition) is 0. The molecule has 1 aliphatic heterocycles. The summed E-state index contributed by atoms with van der Waals surface area (Å²) in [6.45, 7) is 1.98. The van der Waals surface area contributed by atoms with Crippen LogP contribution in [0.3, 0.4) is 0 Å². The van der Waals surface area contributed by atoms with Crippen LogP contribution in [-0.2, 0) is 16.9 Å². The van der Waals surface area contributed by atoms with Gasteiger partial charge in [-0.3, -0.25) is 5.01 Å². The van der Waals surface area contributed by atoms with E-state index in [9.17, 15) is 8.42 Å². The lowest BCUT2D eigenvalue weighted by molar-refractivity contribution is 0.275. The first-order chi connectivity index (χ1) is 12.4. The van der Waals surface area contributed by atoms with Crippen LogP contribution < -0.4 is 0 Å². The number of aryl methyl sites for hydroxylation is 1. The summed E-state index contributed by atoms with van der Waals surface area (Å²) in [7, 11) is 1.04. The van der Waals surface area contributed by atoms with Gasteiger partial charge in [-0.25, -0.2) is 8.42 Å². The van der Waals surface area contributed by atoms with Gasteiger partial charge in [0.2, 0.25) is 0 Å². The number of hydrazone groups is 1. The molecule has 1 aliphatic rings. The molecule has 4 rings (SSSR count). The number of aromatic nitrogens is 1. The van der Waals surface area contributed by atoms with Crippen molar-refractivity contribution in [2.24, 2.45) is 12.1 Å². The fraction of sp³-hybridized carbons (Fsp3) is 0.350. The van der Waals surface area contributed by atoms with Gasteiger partial charge in [0.05, 0.1) is 23.3 Å². The summed E-state index contributed by atoms with van der Waals surface area (Å²) in [6, 6.07) is 14.7. The highest BCUT2D eigenvalue weighted by atomic mass is 32.2. The van der Waals surface area contributed by atoms with Gasteiger partial charge in [-0.15, -0.1) is 0 Å². The first-order valence-electron chi connectivity index (χ1n) is 8.82. The van der Waals surface area contributed by atoms with Crippen molar-refractivity contribution in [2.75, 3.05) is 18.6 Å². The van der Waals surface area contributed by atoms with E-state index >= 15 is 0 Å². The molecule has 0 spiro atoms. The van der Waals surface area contributed by atoms with E-state index in [-0.39, 0.29) is 17.5 Å². The SMILES string of the molecule is C/C(=N\N(C)C1CCS(=O)(=O)C1)c1ccc2c(c1)c1ccccc1n2C. The van der Waals surface area contributed by atoms with Crippen LogP contribution in [-0.4, -0.2) is 48.3 Å². The molecule has 0 saturated carbocycles. The highest BCUT2D eigenvalue weighted by Gasteiger charge is 2.30. The predicted molar refractivity (Wildman–Crippen MR) is 107 cm³/mol. The fourth-order valence-corrected chi connectivity index (χ4v) is 5.61. The van der Waals surface area contributed by atoms with Gasteiger partial charge in [0.25, 0.3) is 0 Å². The van der Waals surface area contributed by atoms with Gasteiger partial charge in [0, 0.05) is 35.9 Å². The Labute approximate surface area is 153 Å². The second kappa shape index (κ2) is 6.13. The van der Waals surface area contributed by atoms with E-state index < -0.39 is 9.84 Å². The van der Waals surface area contributed by atoms with Crippen LogP contribution >= 0.6 is 0 Å². The summed E-state index contributed by atoms with van der Waals surface area (Å²) in [5.74, 6) is 0.460. The lowest BCUT2D eigenvalue weighted by Crippen LogP contribution is -2.29. The zero-order valence-electron chi connectivity index (χ0n) is 15.3. The van der Waals surface area contributed by atoms with Crippen LogP contribution in [0.1, 0.15) is 18.9 Å². The average molecular weight is 369 g/mol. The lowest BCUT2D eigenvalue weighted by Gasteiger charge is -2.20. The van der Waals surface area contributed by atoms with E-state index in [0.29, 0.717) is 6.42 Å². The summed E-state index contributed by atoms with van der Waals surface area (Å²) >= 11 is 0. The number of hydrogen-bond acceptors (Lipinski definition) is 4. The minimum atomic E-state index is -2.90. The van der Waals surface area contributed by atoms with Crippen LogP contribution in [0.2, 0.25) is 0 Å². The summed E-state index contributed by atoms with van der Waals surface area (Å²) in [5.41, 5.74) is 4.36. The van der Waals surface area contributed by atoms with Gasteiger partial charge in [0.1, 0.15) is 0 Å². The van der Waals surface area contributed by atoms with Crippen molar-refractivity contribution in [3.05, 3.63) is 48.0 Å². The van der Waals surface area contributed by atoms with Crippen molar-refractivity contribution in [2.45, 2.75) is 19.4 Å². The Morgan fingerprint density at radius 2 is 1.88 bits per heavy atom. The summed E-state index contributed by atoms with van der Waals surface area (Å²) < 4.78 is 25.6. The molecule has 1 saturated heterocycles. The van der Waals surface area contributed by atoms with E-state index in [4.69, 9.17) is 0 Å². The van der Waals surface area contributed by atoms with Crippen LogP contribution in [0.4, 0.5) is 0 Å². The first kappa shape index (κ1) is 17.1. The molecule has 1 fully saturated rings. The molecule has 0 amide bonds. The number of benzene rings is 2. The highest BCUT2D eigenvalue weighted by molar-refractivity contribution is 7.91. The maximum absolute atomic E-state index is 11.7. The molecule has 136 valence electrons. The van der Waals surface area contributed by atoms with Crippen molar-refractivity contribution >= 4 is 37.4 Å². The predicted octanol–water partition coefficient (Wildman–Crippen LogP) is 3.17. The summed E-state index contributed by atoms with van der Waals surface area (Å²) in [5, 5.41) is 8.92. The molecular formula is C20H23N3O2S. The quantitative estimate of drug-likeness (QED) is 0.526. The zero-order chi connectivity index (χ0) is 18.5. The number of para-hydroxylation sites is 1. The third-order valence-electron chi connectivity index (χ3n) is 5.38. The molecular weight excluding hydrogens is 346 g/mol. The molecule has 0 N–H and O–H groups in total. The van der Waals surface area contributed by atoms with Gasteiger partial charge < -0.3 is 4.57 Å². The van der Waals surface area contributed by atoms with Crippen LogP contribution in [0, 0.1) is 0 Å². The average Bonchev–Trinajstić information content (AvgIpc) is 3.13. The molecule has 5 nitrogen and oxygen atoms in total. The maximum Gasteiger partial charge on any atom is 0.152 e. The third kappa shape index (κ3) is 2.88. The van der Waals surface area contributed by atoms with Gasteiger partial charge in [-0.2, -0.15) is 5.10 Å². The third-order valence-corrected chi connectivity index (χ3v) is 7.13. The fourth-order valence-electron chi connectivity index (χ4n) is 3.84. The van der Waals surface area contributed by atoms with Gasteiger partial charge in [-0.1, -0.05) is 24.3 Å². The molecule has 0 radical (unpaired) electrons. The standard InChI is InChI=1S/C20H23N3O2S/c1-14(21-23(3)16-10-11-26(24,25)13-16)15-8-9-20-18(12-15)17-6-4-5-7-19(17)22(20)2/h4-9,12,16H,10-11,13H2,1-3H3/b21-14+. The monoisotopic (exact) mass is 369 g/mol. The minimum absolute atomic E-state index is 0.0313. The van der Waals surface area contributed by atoms with E-state index in [1.54, 1.807) is 0 Å². The van der Waals surface area contributed by atoms with Crippen molar-refractivity contribution in [3.8, 4) is 0 Å².